The van der Waals surface area contributed by atoms with Gasteiger partial charge >= 0.3 is 0 Å². The summed E-state index contributed by atoms with van der Waals surface area (Å²) in [7, 11) is 0. The van der Waals surface area contributed by atoms with Crippen LogP contribution in [0.1, 0.15) is 30.9 Å². The standard InChI is InChI=1S/C18H22N2O/c1-3-20(13-15-8-7-11-17(19)12-15)18(21)14(2)16-9-5-4-6-10-16/h4-12,14H,3,13,19H2,1-2H3. The number of carbonyl (C=O) groups is 1. The molecule has 3 heteroatoms. The minimum atomic E-state index is -0.132. The van der Waals surface area contributed by atoms with Crippen LogP contribution in [0.5, 0.6) is 0 Å². The van der Waals surface area contributed by atoms with E-state index in [2.05, 4.69) is 0 Å². The summed E-state index contributed by atoms with van der Waals surface area (Å²) in [6.07, 6.45) is 0. The summed E-state index contributed by atoms with van der Waals surface area (Å²) < 4.78 is 0. The Balaban J connectivity index is 2.12. The first kappa shape index (κ1) is 15.1. The predicted octanol–water partition coefficient (Wildman–Crippen LogP) is 3.42. The van der Waals surface area contributed by atoms with E-state index in [-0.39, 0.29) is 11.8 Å². The van der Waals surface area contributed by atoms with E-state index in [0.717, 1.165) is 16.8 Å². The SMILES string of the molecule is CCN(Cc1cccc(N)c1)C(=O)C(C)c1ccccc1. The van der Waals surface area contributed by atoms with E-state index in [4.69, 9.17) is 5.73 Å². The van der Waals surface area contributed by atoms with Crippen molar-refractivity contribution in [3.8, 4) is 0 Å². The Morgan fingerprint density at radius 3 is 2.48 bits per heavy atom. The number of rotatable bonds is 5. The lowest BCUT2D eigenvalue weighted by molar-refractivity contribution is -0.132. The van der Waals surface area contributed by atoms with Gasteiger partial charge in [-0.05, 0) is 37.1 Å². The number of hydrogen-bond donors (Lipinski definition) is 1. The molecule has 3 nitrogen and oxygen atoms in total. The average molecular weight is 282 g/mol. The maximum Gasteiger partial charge on any atom is 0.230 e. The summed E-state index contributed by atoms with van der Waals surface area (Å²) >= 11 is 0. The second kappa shape index (κ2) is 6.93. The van der Waals surface area contributed by atoms with Crippen molar-refractivity contribution in [1.82, 2.24) is 4.90 Å². The first-order valence-corrected chi connectivity index (χ1v) is 7.30. The van der Waals surface area contributed by atoms with E-state index < -0.39 is 0 Å². The van der Waals surface area contributed by atoms with Crippen LogP contribution in [0.15, 0.2) is 54.6 Å². The van der Waals surface area contributed by atoms with Gasteiger partial charge in [0.05, 0.1) is 5.92 Å². The van der Waals surface area contributed by atoms with Gasteiger partial charge in [0.25, 0.3) is 0 Å². The first-order chi connectivity index (χ1) is 10.1. The van der Waals surface area contributed by atoms with Gasteiger partial charge in [0.2, 0.25) is 5.91 Å². The number of anilines is 1. The zero-order valence-electron chi connectivity index (χ0n) is 12.6. The molecule has 0 aliphatic heterocycles. The third-order valence-corrected chi connectivity index (χ3v) is 3.69. The molecule has 1 atom stereocenters. The number of likely N-dealkylation sites (N-methyl/N-ethyl adjacent to an activating group) is 1. The van der Waals surface area contributed by atoms with Crippen LogP contribution in [-0.4, -0.2) is 17.4 Å². The zero-order valence-corrected chi connectivity index (χ0v) is 12.6. The molecule has 0 saturated carbocycles. The van der Waals surface area contributed by atoms with E-state index >= 15 is 0 Å². The summed E-state index contributed by atoms with van der Waals surface area (Å²) in [6, 6.07) is 17.6. The third-order valence-electron chi connectivity index (χ3n) is 3.69. The lowest BCUT2D eigenvalue weighted by Gasteiger charge is -2.25. The molecule has 2 N–H and O–H groups in total. The predicted molar refractivity (Wildman–Crippen MR) is 86.8 cm³/mol. The molecular formula is C18H22N2O. The van der Waals surface area contributed by atoms with Crippen LogP contribution in [0.3, 0.4) is 0 Å². The van der Waals surface area contributed by atoms with Crippen LogP contribution in [0.4, 0.5) is 5.69 Å². The average Bonchev–Trinajstić information content (AvgIpc) is 2.52. The molecule has 110 valence electrons. The molecule has 0 fully saturated rings. The summed E-state index contributed by atoms with van der Waals surface area (Å²) in [5, 5.41) is 0. The Hall–Kier alpha value is -2.29. The fraction of sp³-hybridized carbons (Fsp3) is 0.278. The largest absolute Gasteiger partial charge is 0.399 e. The smallest absolute Gasteiger partial charge is 0.230 e. The topological polar surface area (TPSA) is 46.3 Å². The van der Waals surface area contributed by atoms with Crippen LogP contribution in [-0.2, 0) is 11.3 Å². The fourth-order valence-electron chi connectivity index (χ4n) is 2.42. The van der Waals surface area contributed by atoms with Crippen molar-refractivity contribution in [2.45, 2.75) is 26.3 Å². The Labute approximate surface area is 126 Å². The van der Waals surface area contributed by atoms with Crippen LogP contribution < -0.4 is 5.73 Å². The van der Waals surface area contributed by atoms with Gasteiger partial charge in [-0.1, -0.05) is 42.5 Å². The van der Waals surface area contributed by atoms with Crippen molar-refractivity contribution in [2.75, 3.05) is 12.3 Å². The molecule has 0 heterocycles. The molecule has 0 radical (unpaired) electrons. The lowest BCUT2D eigenvalue weighted by Crippen LogP contribution is -2.33. The van der Waals surface area contributed by atoms with Gasteiger partial charge in [-0.25, -0.2) is 0 Å². The molecule has 2 rings (SSSR count). The molecule has 0 aliphatic rings. The molecular weight excluding hydrogens is 260 g/mol. The van der Waals surface area contributed by atoms with Crippen molar-refractivity contribution >= 4 is 11.6 Å². The molecule has 2 aromatic carbocycles. The Bertz CT molecular complexity index is 595. The van der Waals surface area contributed by atoms with E-state index in [1.165, 1.54) is 0 Å². The van der Waals surface area contributed by atoms with E-state index in [1.807, 2.05) is 73.3 Å². The van der Waals surface area contributed by atoms with E-state index in [9.17, 15) is 4.79 Å². The summed E-state index contributed by atoms with van der Waals surface area (Å²) in [4.78, 5) is 14.5. The maximum atomic E-state index is 12.7. The minimum Gasteiger partial charge on any atom is -0.399 e. The monoisotopic (exact) mass is 282 g/mol. The fourth-order valence-corrected chi connectivity index (χ4v) is 2.42. The van der Waals surface area contributed by atoms with Gasteiger partial charge in [0.15, 0.2) is 0 Å². The van der Waals surface area contributed by atoms with E-state index in [1.54, 1.807) is 0 Å². The molecule has 2 aromatic rings. The summed E-state index contributed by atoms with van der Waals surface area (Å²) in [5.74, 6) is 0.0123. The Morgan fingerprint density at radius 1 is 1.14 bits per heavy atom. The molecule has 0 aliphatic carbocycles. The van der Waals surface area contributed by atoms with Crippen LogP contribution in [0, 0.1) is 0 Å². The van der Waals surface area contributed by atoms with Crippen LogP contribution in [0.2, 0.25) is 0 Å². The normalized spacial score (nSPS) is 11.9. The first-order valence-electron chi connectivity index (χ1n) is 7.30. The molecule has 1 unspecified atom stereocenters. The summed E-state index contributed by atoms with van der Waals surface area (Å²) in [5.41, 5.74) is 8.64. The molecule has 0 aromatic heterocycles. The third kappa shape index (κ3) is 3.85. The van der Waals surface area contributed by atoms with Crippen LogP contribution >= 0.6 is 0 Å². The zero-order chi connectivity index (χ0) is 15.2. The van der Waals surface area contributed by atoms with Gasteiger partial charge in [-0.15, -0.1) is 0 Å². The van der Waals surface area contributed by atoms with Crippen molar-refractivity contribution in [3.63, 3.8) is 0 Å². The van der Waals surface area contributed by atoms with Gasteiger partial charge < -0.3 is 10.6 Å². The second-order valence-corrected chi connectivity index (χ2v) is 5.23. The molecule has 1 amide bonds. The molecule has 0 saturated heterocycles. The quantitative estimate of drug-likeness (QED) is 0.854. The molecule has 21 heavy (non-hydrogen) atoms. The number of hydrogen-bond acceptors (Lipinski definition) is 2. The minimum absolute atomic E-state index is 0.132. The van der Waals surface area contributed by atoms with Crippen molar-refractivity contribution in [1.29, 1.82) is 0 Å². The number of benzene rings is 2. The number of amides is 1. The highest BCUT2D eigenvalue weighted by atomic mass is 16.2. The highest BCUT2D eigenvalue weighted by Crippen LogP contribution is 2.19. The lowest BCUT2D eigenvalue weighted by atomic mass is 9.99. The van der Waals surface area contributed by atoms with E-state index in [0.29, 0.717) is 13.1 Å². The number of nitrogen functional groups attached to an aromatic ring is 1. The van der Waals surface area contributed by atoms with Crippen molar-refractivity contribution in [2.24, 2.45) is 0 Å². The van der Waals surface area contributed by atoms with Gasteiger partial charge in [0.1, 0.15) is 0 Å². The van der Waals surface area contributed by atoms with Crippen molar-refractivity contribution in [3.05, 3.63) is 65.7 Å². The van der Waals surface area contributed by atoms with Gasteiger partial charge in [0, 0.05) is 18.8 Å². The summed E-state index contributed by atoms with van der Waals surface area (Å²) in [6.45, 7) is 5.24. The number of carbonyl (C=O) groups excluding carboxylic acids is 1. The maximum absolute atomic E-state index is 12.7. The van der Waals surface area contributed by atoms with Gasteiger partial charge in [-0.2, -0.15) is 0 Å². The highest BCUT2D eigenvalue weighted by Gasteiger charge is 2.20. The Kier molecular flexibility index (Phi) is 4.99. The van der Waals surface area contributed by atoms with Crippen LogP contribution in [0.25, 0.3) is 0 Å². The number of nitrogens with zero attached hydrogens (tertiary/aromatic N) is 1. The molecule has 0 bridgehead atoms. The van der Waals surface area contributed by atoms with Crippen molar-refractivity contribution < 1.29 is 4.79 Å². The Morgan fingerprint density at radius 2 is 1.86 bits per heavy atom. The van der Waals surface area contributed by atoms with Gasteiger partial charge in [-0.3, -0.25) is 4.79 Å². The molecule has 0 spiro atoms. The number of nitrogens with two attached hydrogens (primary N) is 1. The highest BCUT2D eigenvalue weighted by molar-refractivity contribution is 5.83. The second-order valence-electron chi connectivity index (χ2n) is 5.23.